The summed E-state index contributed by atoms with van der Waals surface area (Å²) in [6.07, 6.45) is 6.59. The van der Waals surface area contributed by atoms with Crippen LogP contribution in [-0.4, -0.2) is 58.1 Å². The number of pyridine rings is 1. The van der Waals surface area contributed by atoms with Gasteiger partial charge in [-0.1, -0.05) is 0 Å². The molecule has 3 aliphatic rings. The van der Waals surface area contributed by atoms with Crippen molar-refractivity contribution in [2.75, 3.05) is 36.0 Å². The maximum Gasteiger partial charge on any atom is 0.249 e. The van der Waals surface area contributed by atoms with Gasteiger partial charge in [0.05, 0.1) is 18.3 Å². The molecule has 9 nitrogen and oxygen atoms in total. The molecule has 3 saturated heterocycles. The summed E-state index contributed by atoms with van der Waals surface area (Å²) < 4.78 is 14.0. The third-order valence-corrected chi connectivity index (χ3v) is 6.66. The highest BCUT2D eigenvalue weighted by molar-refractivity contribution is 5.94. The molecule has 0 radical (unpaired) electrons. The fourth-order valence-corrected chi connectivity index (χ4v) is 4.73. The van der Waals surface area contributed by atoms with Gasteiger partial charge >= 0.3 is 0 Å². The number of aromatic nitrogens is 3. The summed E-state index contributed by atoms with van der Waals surface area (Å²) in [4.78, 5) is 47.8. The van der Waals surface area contributed by atoms with Crippen molar-refractivity contribution in [2.45, 2.75) is 45.1 Å². The molecule has 5 heterocycles. The molecular weight excluding hydrogens is 427 g/mol. The second-order valence-corrected chi connectivity index (χ2v) is 8.76. The third-order valence-electron chi connectivity index (χ3n) is 6.66. The predicted octanol–water partition coefficient (Wildman–Crippen LogP) is 2.57. The average Bonchev–Trinajstić information content (AvgIpc) is 3.50. The van der Waals surface area contributed by atoms with Crippen molar-refractivity contribution in [1.82, 2.24) is 20.0 Å². The Labute approximate surface area is 191 Å². The normalized spacial score (nSPS) is 21.8. The van der Waals surface area contributed by atoms with Crippen LogP contribution in [0.4, 0.5) is 16.2 Å². The number of hydrogen-bond acceptors (Lipinski definition) is 7. The summed E-state index contributed by atoms with van der Waals surface area (Å²) in [7, 11) is 0. The lowest BCUT2D eigenvalue weighted by Gasteiger charge is -2.34. The lowest BCUT2D eigenvalue weighted by molar-refractivity contribution is -0.182. The van der Waals surface area contributed by atoms with Crippen molar-refractivity contribution < 1.29 is 18.8 Å². The minimum atomic E-state index is -0.377. The van der Waals surface area contributed by atoms with Crippen LogP contribution in [0.5, 0.6) is 0 Å². The van der Waals surface area contributed by atoms with E-state index in [1.165, 1.54) is 11.1 Å². The molecular formula is C23H27FN6O3. The van der Waals surface area contributed by atoms with E-state index in [4.69, 9.17) is 4.84 Å². The maximum absolute atomic E-state index is 14.0. The van der Waals surface area contributed by atoms with Crippen LogP contribution < -0.4 is 9.80 Å². The number of carbonyl (C=O) groups is 2. The van der Waals surface area contributed by atoms with Crippen LogP contribution in [0.1, 0.15) is 49.4 Å². The van der Waals surface area contributed by atoms with Gasteiger partial charge in [0, 0.05) is 50.8 Å². The van der Waals surface area contributed by atoms with E-state index in [1.54, 1.807) is 30.3 Å². The Morgan fingerprint density at radius 3 is 2.73 bits per heavy atom. The molecule has 2 amide bonds. The van der Waals surface area contributed by atoms with Crippen molar-refractivity contribution in [3.8, 4) is 0 Å². The number of hydroxylamine groups is 2. The highest BCUT2D eigenvalue weighted by Crippen LogP contribution is 2.34. The highest BCUT2D eigenvalue weighted by Gasteiger charge is 2.37. The van der Waals surface area contributed by atoms with Gasteiger partial charge in [0.2, 0.25) is 17.8 Å². The number of aryl methyl sites for hydroxylation is 1. The molecule has 0 unspecified atom stereocenters. The van der Waals surface area contributed by atoms with Crippen molar-refractivity contribution >= 4 is 23.6 Å². The number of hydrogen-bond donors (Lipinski definition) is 0. The quantitative estimate of drug-likeness (QED) is 0.701. The summed E-state index contributed by atoms with van der Waals surface area (Å²) in [6, 6.07) is 2.88. The minimum absolute atomic E-state index is 0.0736. The molecule has 0 bridgehead atoms. The first-order valence-electron chi connectivity index (χ1n) is 11.5. The van der Waals surface area contributed by atoms with Crippen molar-refractivity contribution in [2.24, 2.45) is 5.92 Å². The van der Waals surface area contributed by atoms with Crippen molar-refractivity contribution in [3.05, 3.63) is 41.6 Å². The minimum Gasteiger partial charge on any atom is -0.341 e. The van der Waals surface area contributed by atoms with Gasteiger partial charge in [0.15, 0.2) is 0 Å². The zero-order valence-corrected chi connectivity index (χ0v) is 18.6. The van der Waals surface area contributed by atoms with Crippen LogP contribution >= 0.6 is 0 Å². The number of rotatable bonds is 4. The summed E-state index contributed by atoms with van der Waals surface area (Å²) in [5, 5.41) is 1.42. The lowest BCUT2D eigenvalue weighted by Crippen LogP contribution is -2.42. The van der Waals surface area contributed by atoms with Crippen LogP contribution in [0, 0.1) is 18.7 Å². The fourth-order valence-electron chi connectivity index (χ4n) is 4.73. The molecule has 0 N–H and O–H groups in total. The Kier molecular flexibility index (Phi) is 5.92. The number of halogens is 1. The van der Waals surface area contributed by atoms with Gasteiger partial charge in [-0.2, -0.15) is 4.98 Å². The molecule has 0 spiro atoms. The number of carbonyl (C=O) groups excluding carboxylic acids is 2. The zero-order chi connectivity index (χ0) is 22.9. The fraction of sp³-hybridized carbons (Fsp3) is 0.522. The Morgan fingerprint density at radius 1 is 1.18 bits per heavy atom. The van der Waals surface area contributed by atoms with Gasteiger partial charge in [-0.15, -0.1) is 0 Å². The van der Waals surface area contributed by atoms with Crippen LogP contribution in [0.25, 0.3) is 0 Å². The van der Waals surface area contributed by atoms with Gasteiger partial charge < -0.3 is 4.90 Å². The maximum atomic E-state index is 14.0. The molecule has 2 aromatic rings. The number of nitrogens with zero attached hydrogens (tertiary/aromatic N) is 6. The molecule has 5 rings (SSSR count). The highest BCUT2D eigenvalue weighted by atomic mass is 19.1. The molecule has 3 fully saturated rings. The van der Waals surface area contributed by atoms with Gasteiger partial charge in [0.1, 0.15) is 11.6 Å². The molecule has 174 valence electrons. The van der Waals surface area contributed by atoms with Crippen molar-refractivity contribution in [3.63, 3.8) is 0 Å². The number of piperidine rings is 1. The van der Waals surface area contributed by atoms with E-state index in [9.17, 15) is 14.0 Å². The molecule has 0 aliphatic carbocycles. The zero-order valence-electron chi connectivity index (χ0n) is 18.6. The van der Waals surface area contributed by atoms with E-state index in [0.717, 1.165) is 6.42 Å². The first-order valence-corrected chi connectivity index (χ1v) is 11.5. The molecule has 1 atom stereocenters. The molecule has 10 heteroatoms. The van der Waals surface area contributed by atoms with E-state index in [2.05, 4.69) is 19.9 Å². The van der Waals surface area contributed by atoms with Gasteiger partial charge in [-0.3, -0.25) is 24.3 Å². The topological polar surface area (TPSA) is 91.8 Å². The summed E-state index contributed by atoms with van der Waals surface area (Å²) in [5.41, 5.74) is 0.992. The number of amides is 2. The molecule has 0 saturated carbocycles. The van der Waals surface area contributed by atoms with Crippen molar-refractivity contribution in [1.29, 1.82) is 0 Å². The first-order chi connectivity index (χ1) is 16.0. The Morgan fingerprint density at radius 2 is 2.00 bits per heavy atom. The van der Waals surface area contributed by atoms with Gasteiger partial charge in [-0.25, -0.2) is 14.4 Å². The lowest BCUT2D eigenvalue weighted by atomic mass is 9.95. The van der Waals surface area contributed by atoms with Gasteiger partial charge in [0.25, 0.3) is 0 Å². The monoisotopic (exact) mass is 454 g/mol. The Bertz CT molecular complexity index is 1060. The predicted molar refractivity (Wildman–Crippen MR) is 118 cm³/mol. The van der Waals surface area contributed by atoms with E-state index in [-0.39, 0.29) is 29.6 Å². The van der Waals surface area contributed by atoms with Crippen LogP contribution in [0.15, 0.2) is 24.5 Å². The summed E-state index contributed by atoms with van der Waals surface area (Å²) >= 11 is 0. The van der Waals surface area contributed by atoms with E-state index < -0.39 is 0 Å². The second-order valence-electron chi connectivity index (χ2n) is 8.76. The average molecular weight is 455 g/mol. The third kappa shape index (κ3) is 4.27. The summed E-state index contributed by atoms with van der Waals surface area (Å²) in [5.74, 6) is 0.664. The Balaban J connectivity index is 1.23. The second kappa shape index (κ2) is 9.01. The molecule has 33 heavy (non-hydrogen) atoms. The number of anilines is 2. The van der Waals surface area contributed by atoms with E-state index >= 15 is 0 Å². The smallest absolute Gasteiger partial charge is 0.249 e. The standard InChI is InChI=1S/C23H27FN6O3/c1-15-18(24)13-17(14-26-15)19-7-12-33-30(19)22(32)16-5-10-28(11-6-16)23-25-8-4-20(27-23)29-9-2-3-21(29)31/h4,8,13-14,16,19H,2-3,5-7,9-12H2,1H3/t19-/m0/s1. The van der Waals surface area contributed by atoms with Crippen LogP contribution in [0.3, 0.4) is 0 Å². The van der Waals surface area contributed by atoms with Crippen LogP contribution in [0.2, 0.25) is 0 Å². The van der Waals surface area contributed by atoms with Crippen LogP contribution in [-0.2, 0) is 14.4 Å². The summed E-state index contributed by atoms with van der Waals surface area (Å²) in [6.45, 7) is 3.98. The van der Waals surface area contributed by atoms with Gasteiger partial charge in [-0.05, 0) is 43.9 Å². The Hall–Kier alpha value is -3.14. The molecule has 0 aromatic carbocycles. The first kappa shape index (κ1) is 21.7. The molecule has 2 aromatic heterocycles. The van der Waals surface area contributed by atoms with E-state index in [0.29, 0.717) is 74.9 Å². The molecule has 3 aliphatic heterocycles. The largest absolute Gasteiger partial charge is 0.341 e. The van der Waals surface area contributed by atoms with E-state index in [1.807, 2.05) is 0 Å². The SMILES string of the molecule is Cc1ncc([C@@H]2CCON2C(=O)C2CCN(c3nccc(N4CCCC4=O)n3)CC2)cc1F.